The molecule has 2 aromatic heterocycles. The van der Waals surface area contributed by atoms with Gasteiger partial charge in [-0.1, -0.05) is 12.1 Å². The molecule has 0 amide bonds. The Morgan fingerprint density at radius 2 is 1.91 bits per heavy atom. The Kier molecular flexibility index (Phi) is 2.59. The Hall–Kier alpha value is -2.40. The van der Waals surface area contributed by atoms with Gasteiger partial charge in [0.05, 0.1) is 11.2 Å². The van der Waals surface area contributed by atoms with E-state index in [9.17, 15) is 5.11 Å². The second-order valence-corrected chi connectivity index (χ2v) is 6.65. The number of phenolic OH excluding ortho intramolecular Hbond substituents is 1. The molecule has 0 radical (unpaired) electrons. The lowest BCUT2D eigenvalue weighted by molar-refractivity contribution is 0.477. The van der Waals surface area contributed by atoms with Crippen molar-refractivity contribution in [2.75, 3.05) is 13.1 Å². The minimum atomic E-state index is 0.239. The van der Waals surface area contributed by atoms with Crippen LogP contribution < -0.4 is 5.32 Å². The summed E-state index contributed by atoms with van der Waals surface area (Å²) in [5.74, 6) is 1.72. The van der Waals surface area contributed by atoms with Gasteiger partial charge in [0, 0.05) is 30.4 Å². The zero-order valence-electron chi connectivity index (χ0n) is 12.9. The smallest absolute Gasteiger partial charge is 0.125 e. The molecule has 3 heterocycles. The fraction of sp³-hybridized carbons (Fsp3) is 0.333. The monoisotopic (exact) mass is 306 g/mol. The van der Waals surface area contributed by atoms with Gasteiger partial charge >= 0.3 is 0 Å². The molecule has 1 saturated heterocycles. The van der Waals surface area contributed by atoms with Crippen LogP contribution in [0.4, 0.5) is 0 Å². The molecule has 5 rings (SSSR count). The summed E-state index contributed by atoms with van der Waals surface area (Å²) in [5.41, 5.74) is 4.74. The van der Waals surface area contributed by atoms with Crippen LogP contribution in [0.1, 0.15) is 11.7 Å². The summed E-state index contributed by atoms with van der Waals surface area (Å²) < 4.78 is 2.42. The molecular weight excluding hydrogens is 288 g/mol. The number of nitrogens with zero attached hydrogens (tertiary/aromatic N) is 3. The van der Waals surface area contributed by atoms with Crippen molar-refractivity contribution in [1.29, 1.82) is 0 Å². The van der Waals surface area contributed by atoms with Crippen LogP contribution in [0.15, 0.2) is 36.4 Å². The van der Waals surface area contributed by atoms with Crippen LogP contribution in [-0.2, 0) is 0 Å². The molecule has 0 bridgehead atoms. The average molecular weight is 306 g/mol. The Balaban J connectivity index is 1.66. The number of aromatic hydroxyl groups is 1. The van der Waals surface area contributed by atoms with Gasteiger partial charge in [0.15, 0.2) is 0 Å². The predicted molar refractivity (Wildman–Crippen MR) is 88.3 cm³/mol. The Morgan fingerprint density at radius 1 is 1.13 bits per heavy atom. The number of para-hydroxylation sites is 1. The lowest BCUT2D eigenvalue weighted by Gasteiger charge is -2.11. The highest BCUT2D eigenvalue weighted by Gasteiger charge is 2.54. The molecule has 23 heavy (non-hydrogen) atoms. The highest BCUT2D eigenvalue weighted by atomic mass is 16.3. The minimum Gasteiger partial charge on any atom is -0.507 e. The third kappa shape index (κ3) is 1.83. The van der Waals surface area contributed by atoms with Crippen LogP contribution in [-0.4, -0.2) is 33.0 Å². The Labute approximate surface area is 134 Å². The number of nitrogens with one attached hydrogen (secondary N) is 1. The summed E-state index contributed by atoms with van der Waals surface area (Å²) in [7, 11) is 0. The maximum Gasteiger partial charge on any atom is 0.125 e. The quantitative estimate of drug-likeness (QED) is 0.763. The maximum absolute atomic E-state index is 10.1. The zero-order valence-corrected chi connectivity index (χ0v) is 12.9. The van der Waals surface area contributed by atoms with Crippen LogP contribution in [0.5, 0.6) is 5.75 Å². The van der Waals surface area contributed by atoms with Crippen molar-refractivity contribution in [2.45, 2.75) is 13.0 Å². The number of piperidine rings is 1. The minimum absolute atomic E-state index is 0.239. The molecule has 1 unspecified atom stereocenters. The van der Waals surface area contributed by atoms with Crippen LogP contribution in [0.3, 0.4) is 0 Å². The van der Waals surface area contributed by atoms with E-state index in [1.165, 1.54) is 5.69 Å². The van der Waals surface area contributed by atoms with Gasteiger partial charge in [-0.05, 0) is 43.0 Å². The lowest BCUT2D eigenvalue weighted by atomic mass is 10.1. The standard InChI is InChI=1S/C18H18N4O/c1-10-6-15-16(22(10)18-12-8-19-9-13(12)18)7-14(20-21-15)11-4-2-3-5-17(11)23/h2-7,12-13,18-19,23H,8-9H2,1H3/t12-,13+,18?. The fourth-order valence-corrected chi connectivity index (χ4v) is 4.13. The van der Waals surface area contributed by atoms with Crippen molar-refractivity contribution in [3.63, 3.8) is 0 Å². The van der Waals surface area contributed by atoms with E-state index in [1.807, 2.05) is 18.2 Å². The molecule has 116 valence electrons. The van der Waals surface area contributed by atoms with Crippen molar-refractivity contribution >= 4 is 11.0 Å². The average Bonchev–Trinajstić information content (AvgIpc) is 2.92. The molecule has 1 aliphatic carbocycles. The van der Waals surface area contributed by atoms with E-state index in [0.717, 1.165) is 47.2 Å². The summed E-state index contributed by atoms with van der Waals surface area (Å²) in [6.45, 7) is 4.36. The van der Waals surface area contributed by atoms with Crippen LogP contribution >= 0.6 is 0 Å². The number of fused-ring (bicyclic) bond motifs is 2. The van der Waals surface area contributed by atoms with E-state index in [2.05, 4.69) is 39.1 Å². The Bertz CT molecular complexity index is 907. The van der Waals surface area contributed by atoms with Gasteiger partial charge in [-0.3, -0.25) is 0 Å². The van der Waals surface area contributed by atoms with Crippen LogP contribution in [0.25, 0.3) is 22.3 Å². The summed E-state index contributed by atoms with van der Waals surface area (Å²) in [4.78, 5) is 0. The van der Waals surface area contributed by atoms with Crippen LogP contribution in [0.2, 0.25) is 0 Å². The van der Waals surface area contributed by atoms with Gasteiger partial charge in [-0.15, -0.1) is 10.2 Å². The number of hydrogen-bond donors (Lipinski definition) is 2. The van der Waals surface area contributed by atoms with E-state index in [4.69, 9.17) is 0 Å². The van der Waals surface area contributed by atoms with Gasteiger partial charge in [0.2, 0.25) is 0 Å². The number of aromatic nitrogens is 3. The van der Waals surface area contributed by atoms with Crippen molar-refractivity contribution in [2.24, 2.45) is 11.8 Å². The molecule has 1 aromatic carbocycles. The fourth-order valence-electron chi connectivity index (χ4n) is 4.13. The summed E-state index contributed by atoms with van der Waals surface area (Å²) in [5, 5.41) is 22.2. The second-order valence-electron chi connectivity index (χ2n) is 6.65. The molecule has 1 saturated carbocycles. The van der Waals surface area contributed by atoms with Crippen LogP contribution in [0, 0.1) is 18.8 Å². The van der Waals surface area contributed by atoms with Crippen molar-refractivity contribution < 1.29 is 5.11 Å². The maximum atomic E-state index is 10.1. The first-order valence-electron chi connectivity index (χ1n) is 8.08. The summed E-state index contributed by atoms with van der Waals surface area (Å²) in [6.07, 6.45) is 0. The normalized spacial score (nSPS) is 25.7. The first kappa shape index (κ1) is 13.1. The lowest BCUT2D eigenvalue weighted by Crippen LogP contribution is -2.17. The SMILES string of the molecule is Cc1cc2nnc(-c3ccccc3O)cc2n1C1[C@H]2CNC[C@@H]12. The van der Waals surface area contributed by atoms with Gasteiger partial charge in [0.1, 0.15) is 11.3 Å². The highest BCUT2D eigenvalue weighted by molar-refractivity contribution is 5.82. The second kappa shape index (κ2) is 4.55. The zero-order chi connectivity index (χ0) is 15.6. The number of phenols is 1. The molecular formula is C18H18N4O. The van der Waals surface area contributed by atoms with Gasteiger partial charge in [0.25, 0.3) is 0 Å². The van der Waals surface area contributed by atoms with E-state index >= 15 is 0 Å². The van der Waals surface area contributed by atoms with E-state index in [0.29, 0.717) is 6.04 Å². The molecule has 1 aliphatic heterocycles. The molecule has 2 fully saturated rings. The van der Waals surface area contributed by atoms with Gasteiger partial charge < -0.3 is 15.0 Å². The van der Waals surface area contributed by atoms with E-state index in [1.54, 1.807) is 6.07 Å². The number of rotatable bonds is 2. The number of benzene rings is 1. The number of aryl methyl sites for hydroxylation is 1. The summed E-state index contributed by atoms with van der Waals surface area (Å²) in [6, 6.07) is 12.0. The third-order valence-corrected chi connectivity index (χ3v) is 5.31. The molecule has 5 heteroatoms. The van der Waals surface area contributed by atoms with E-state index < -0.39 is 0 Å². The first-order valence-corrected chi connectivity index (χ1v) is 8.08. The van der Waals surface area contributed by atoms with Crippen molar-refractivity contribution in [1.82, 2.24) is 20.1 Å². The van der Waals surface area contributed by atoms with Crippen molar-refractivity contribution in [3.05, 3.63) is 42.1 Å². The Morgan fingerprint density at radius 3 is 2.70 bits per heavy atom. The topological polar surface area (TPSA) is 63.0 Å². The third-order valence-electron chi connectivity index (χ3n) is 5.31. The van der Waals surface area contributed by atoms with Gasteiger partial charge in [-0.25, -0.2) is 0 Å². The van der Waals surface area contributed by atoms with Gasteiger partial charge in [-0.2, -0.15) is 0 Å². The molecule has 3 aromatic rings. The van der Waals surface area contributed by atoms with Crippen molar-refractivity contribution in [3.8, 4) is 17.0 Å². The van der Waals surface area contributed by atoms with E-state index in [-0.39, 0.29) is 5.75 Å². The largest absolute Gasteiger partial charge is 0.507 e. The molecule has 3 atom stereocenters. The molecule has 0 spiro atoms. The predicted octanol–water partition coefficient (Wildman–Crippen LogP) is 2.50. The molecule has 2 N–H and O–H groups in total. The molecule has 5 nitrogen and oxygen atoms in total. The first-order chi connectivity index (χ1) is 11.2. The number of hydrogen-bond acceptors (Lipinski definition) is 4. The molecule has 2 aliphatic rings. The highest BCUT2D eigenvalue weighted by Crippen LogP contribution is 2.54. The summed E-state index contributed by atoms with van der Waals surface area (Å²) >= 11 is 0.